The lowest BCUT2D eigenvalue weighted by Gasteiger charge is -2.30. The maximum Gasteiger partial charge on any atom is 0.0853 e. The molecule has 0 saturated heterocycles. The molecule has 0 aromatic rings. The summed E-state index contributed by atoms with van der Waals surface area (Å²) in [7, 11) is 2.15. The van der Waals surface area contributed by atoms with Crippen LogP contribution in [0.3, 0.4) is 0 Å². The molecule has 2 rings (SSSR count). The van der Waals surface area contributed by atoms with Crippen molar-refractivity contribution in [2.24, 2.45) is 4.99 Å². The fourth-order valence-electron chi connectivity index (χ4n) is 2.11. The van der Waals surface area contributed by atoms with Crippen molar-refractivity contribution >= 4 is 6.34 Å². The Labute approximate surface area is 61.9 Å². The normalized spacial score (nSPS) is 28.7. The lowest BCUT2D eigenvalue weighted by molar-refractivity contribution is 0.250. The Morgan fingerprint density at radius 2 is 2.10 bits per heavy atom. The van der Waals surface area contributed by atoms with Gasteiger partial charge in [-0.3, -0.25) is 4.99 Å². The summed E-state index contributed by atoms with van der Waals surface area (Å²) in [5.74, 6) is 0. The van der Waals surface area contributed by atoms with Gasteiger partial charge in [-0.2, -0.15) is 0 Å². The number of hydrogen-bond acceptors (Lipinski definition) is 2. The van der Waals surface area contributed by atoms with Gasteiger partial charge in [0.15, 0.2) is 0 Å². The fraction of sp³-hybridized carbons (Fsp3) is 0.875. The molecular formula is C8H14N2. The van der Waals surface area contributed by atoms with E-state index in [0.717, 1.165) is 6.54 Å². The van der Waals surface area contributed by atoms with Gasteiger partial charge >= 0.3 is 0 Å². The molecule has 1 saturated carbocycles. The molecule has 0 radical (unpaired) electrons. The van der Waals surface area contributed by atoms with E-state index in [1.807, 2.05) is 6.34 Å². The van der Waals surface area contributed by atoms with E-state index in [4.69, 9.17) is 0 Å². The summed E-state index contributed by atoms with van der Waals surface area (Å²) < 4.78 is 0. The molecule has 1 fully saturated rings. The van der Waals surface area contributed by atoms with E-state index in [1.165, 1.54) is 25.7 Å². The number of aliphatic imine (C=N–C) groups is 1. The Balaban J connectivity index is 2.15. The summed E-state index contributed by atoms with van der Waals surface area (Å²) in [6.07, 6.45) is 7.49. The van der Waals surface area contributed by atoms with Crippen molar-refractivity contribution < 1.29 is 0 Å². The quantitative estimate of drug-likeness (QED) is 0.492. The lowest BCUT2D eigenvalue weighted by Crippen LogP contribution is -2.41. The fourth-order valence-corrected chi connectivity index (χ4v) is 2.11. The lowest BCUT2D eigenvalue weighted by atomic mass is 9.98. The zero-order valence-corrected chi connectivity index (χ0v) is 6.51. The molecule has 2 heteroatoms. The number of hydrogen-bond donors (Lipinski definition) is 0. The highest BCUT2D eigenvalue weighted by molar-refractivity contribution is 5.59. The predicted molar refractivity (Wildman–Crippen MR) is 42.3 cm³/mol. The van der Waals surface area contributed by atoms with E-state index in [2.05, 4.69) is 16.9 Å². The topological polar surface area (TPSA) is 15.6 Å². The van der Waals surface area contributed by atoms with Gasteiger partial charge in [-0.05, 0) is 12.8 Å². The smallest absolute Gasteiger partial charge is 0.0853 e. The molecule has 0 aromatic carbocycles. The van der Waals surface area contributed by atoms with Gasteiger partial charge in [0.2, 0.25) is 0 Å². The molecule has 0 amide bonds. The third-order valence-electron chi connectivity index (χ3n) is 2.92. The van der Waals surface area contributed by atoms with Gasteiger partial charge in [-0.1, -0.05) is 12.8 Å². The van der Waals surface area contributed by atoms with Gasteiger partial charge < -0.3 is 4.90 Å². The summed E-state index contributed by atoms with van der Waals surface area (Å²) in [5, 5.41) is 0. The van der Waals surface area contributed by atoms with Crippen LogP contribution in [0, 0.1) is 0 Å². The van der Waals surface area contributed by atoms with Crippen LogP contribution in [0.5, 0.6) is 0 Å². The Hall–Kier alpha value is -0.530. The van der Waals surface area contributed by atoms with Crippen LogP contribution in [0.15, 0.2) is 4.99 Å². The second kappa shape index (κ2) is 1.97. The van der Waals surface area contributed by atoms with Crippen molar-refractivity contribution in [3.05, 3.63) is 0 Å². The molecule has 10 heavy (non-hydrogen) atoms. The van der Waals surface area contributed by atoms with Gasteiger partial charge in [0.1, 0.15) is 0 Å². The van der Waals surface area contributed by atoms with Crippen molar-refractivity contribution in [2.75, 3.05) is 13.6 Å². The summed E-state index contributed by atoms with van der Waals surface area (Å²) in [6.45, 7) is 1.05. The highest BCUT2D eigenvalue weighted by Crippen LogP contribution is 2.36. The van der Waals surface area contributed by atoms with Crippen LogP contribution in [0.2, 0.25) is 0 Å². The van der Waals surface area contributed by atoms with Gasteiger partial charge in [0, 0.05) is 7.05 Å². The standard InChI is InChI=1S/C8H14N2/c1-10-7-9-6-8(10)4-2-3-5-8/h7H,2-6H2,1H3. The van der Waals surface area contributed by atoms with E-state index >= 15 is 0 Å². The van der Waals surface area contributed by atoms with E-state index in [0.29, 0.717) is 5.54 Å². The van der Waals surface area contributed by atoms with Crippen LogP contribution in [0.4, 0.5) is 0 Å². The molecule has 0 unspecified atom stereocenters. The van der Waals surface area contributed by atoms with Crippen LogP contribution in [-0.2, 0) is 0 Å². The Kier molecular flexibility index (Phi) is 1.22. The van der Waals surface area contributed by atoms with Gasteiger partial charge in [-0.25, -0.2) is 0 Å². The maximum atomic E-state index is 4.30. The van der Waals surface area contributed by atoms with E-state index in [1.54, 1.807) is 0 Å². The molecule has 0 N–H and O–H groups in total. The zero-order valence-electron chi connectivity index (χ0n) is 6.51. The summed E-state index contributed by atoms with van der Waals surface area (Å²) >= 11 is 0. The van der Waals surface area contributed by atoms with Crippen molar-refractivity contribution in [3.8, 4) is 0 Å². The summed E-state index contributed by atoms with van der Waals surface area (Å²) in [5.41, 5.74) is 0.458. The van der Waals surface area contributed by atoms with Crippen molar-refractivity contribution in [1.29, 1.82) is 0 Å². The van der Waals surface area contributed by atoms with Crippen molar-refractivity contribution in [3.63, 3.8) is 0 Å². The van der Waals surface area contributed by atoms with Gasteiger partial charge in [0.05, 0.1) is 18.4 Å². The third-order valence-corrected chi connectivity index (χ3v) is 2.92. The maximum absolute atomic E-state index is 4.30. The van der Waals surface area contributed by atoms with Crippen LogP contribution >= 0.6 is 0 Å². The first kappa shape index (κ1) is 6.20. The Morgan fingerprint density at radius 1 is 1.40 bits per heavy atom. The molecule has 1 heterocycles. The number of rotatable bonds is 0. The molecule has 0 bridgehead atoms. The molecule has 1 aliphatic carbocycles. The summed E-state index contributed by atoms with van der Waals surface area (Å²) in [4.78, 5) is 6.61. The van der Waals surface area contributed by atoms with Crippen LogP contribution < -0.4 is 0 Å². The molecule has 1 spiro atoms. The van der Waals surface area contributed by atoms with Crippen LogP contribution in [-0.4, -0.2) is 30.4 Å². The number of nitrogens with zero attached hydrogens (tertiary/aromatic N) is 2. The first-order chi connectivity index (χ1) is 4.83. The van der Waals surface area contributed by atoms with Gasteiger partial charge in [-0.15, -0.1) is 0 Å². The van der Waals surface area contributed by atoms with Crippen molar-refractivity contribution in [2.45, 2.75) is 31.2 Å². The predicted octanol–water partition coefficient (Wildman–Crippen LogP) is 1.27. The monoisotopic (exact) mass is 138 g/mol. The number of likely N-dealkylation sites (N-methyl/N-ethyl adjacent to an activating group) is 1. The molecule has 56 valence electrons. The average Bonchev–Trinajstić information content (AvgIpc) is 2.48. The molecular weight excluding hydrogens is 124 g/mol. The Bertz CT molecular complexity index is 157. The minimum absolute atomic E-state index is 0.458. The SMILES string of the molecule is CN1C=NCC12CCCC2. The highest BCUT2D eigenvalue weighted by atomic mass is 15.3. The second-order valence-corrected chi connectivity index (χ2v) is 3.50. The minimum atomic E-state index is 0.458. The first-order valence-corrected chi connectivity index (χ1v) is 4.06. The third kappa shape index (κ3) is 0.678. The van der Waals surface area contributed by atoms with E-state index in [9.17, 15) is 0 Å². The van der Waals surface area contributed by atoms with E-state index in [-0.39, 0.29) is 0 Å². The van der Waals surface area contributed by atoms with Crippen LogP contribution in [0.1, 0.15) is 25.7 Å². The molecule has 2 aliphatic rings. The minimum Gasteiger partial charge on any atom is -0.358 e. The van der Waals surface area contributed by atoms with Crippen LogP contribution in [0.25, 0.3) is 0 Å². The van der Waals surface area contributed by atoms with Gasteiger partial charge in [0.25, 0.3) is 0 Å². The molecule has 1 aliphatic heterocycles. The largest absolute Gasteiger partial charge is 0.358 e. The average molecular weight is 138 g/mol. The van der Waals surface area contributed by atoms with Crippen molar-refractivity contribution in [1.82, 2.24) is 4.90 Å². The first-order valence-electron chi connectivity index (χ1n) is 4.06. The van der Waals surface area contributed by atoms with E-state index < -0.39 is 0 Å². The Morgan fingerprint density at radius 3 is 2.60 bits per heavy atom. The molecule has 0 atom stereocenters. The second-order valence-electron chi connectivity index (χ2n) is 3.50. The highest BCUT2D eigenvalue weighted by Gasteiger charge is 2.38. The molecule has 0 aromatic heterocycles. The zero-order chi connectivity index (χ0) is 7.03. The summed E-state index contributed by atoms with van der Waals surface area (Å²) in [6, 6.07) is 0. The molecule has 2 nitrogen and oxygen atoms in total.